The van der Waals surface area contributed by atoms with E-state index in [-0.39, 0.29) is 19.0 Å². The third-order valence-corrected chi connectivity index (χ3v) is 9.09. The zero-order chi connectivity index (χ0) is 32.9. The van der Waals surface area contributed by atoms with Gasteiger partial charge in [-0.25, -0.2) is 19.4 Å². The van der Waals surface area contributed by atoms with Crippen LogP contribution in [0.25, 0.3) is 0 Å². The molecule has 2 heterocycles. The van der Waals surface area contributed by atoms with Crippen molar-refractivity contribution in [2.24, 2.45) is 0 Å². The molecular weight excluding hydrogens is 600 g/mol. The van der Waals surface area contributed by atoms with Crippen LogP contribution in [-0.2, 0) is 32.9 Å². The molecule has 1 aliphatic heterocycles. The minimum absolute atomic E-state index is 0.0677. The van der Waals surface area contributed by atoms with Crippen LogP contribution in [-0.4, -0.2) is 76.4 Å². The number of carbonyl (C=O) groups excluding carboxylic acids is 2. The number of esters is 2. The number of aliphatic hydroxyl groups is 1. The average Bonchev–Trinajstić information content (AvgIpc) is 3.19. The first-order valence-electron chi connectivity index (χ1n) is 15.2. The number of carbonyl (C=O) groups is 2. The lowest BCUT2D eigenvalue weighted by Gasteiger charge is -2.31. The van der Waals surface area contributed by atoms with Gasteiger partial charge in [0.25, 0.3) is 0 Å². The number of alkyl halides is 1. The van der Waals surface area contributed by atoms with Crippen LogP contribution < -0.4 is 21.6 Å². The van der Waals surface area contributed by atoms with E-state index in [1.807, 2.05) is 0 Å². The Balaban J connectivity index is 2.16. The number of rotatable bonds is 20. The monoisotopic (exact) mass is 649 g/mol. The number of nitrogens with zero attached hydrogens (tertiary/aromatic N) is 2. The molecule has 6 atom stereocenters. The summed E-state index contributed by atoms with van der Waals surface area (Å²) in [5.41, 5.74) is 2.74. The maximum absolute atomic E-state index is 15.4. The van der Waals surface area contributed by atoms with E-state index in [1.165, 1.54) is 33.0 Å². The molecule has 14 nitrogen and oxygen atoms in total. The topological polar surface area (TPSA) is 193 Å². The molecule has 5 N–H and O–H groups in total. The van der Waals surface area contributed by atoms with E-state index in [9.17, 15) is 24.1 Å². The molecule has 2 rings (SSSR count). The number of halogens is 1. The van der Waals surface area contributed by atoms with Crippen molar-refractivity contribution >= 4 is 25.4 Å². The summed E-state index contributed by atoms with van der Waals surface area (Å²) in [6.45, 7) is 7.85. The molecule has 16 heteroatoms. The smallest absolute Gasteiger partial charge is 0.351 e. The van der Waals surface area contributed by atoms with Crippen LogP contribution in [0.4, 0.5) is 10.2 Å². The maximum Gasteiger partial charge on any atom is 0.351 e. The molecule has 1 aromatic heterocycles. The molecule has 1 aliphatic rings. The SMILES string of the molecule is CCCCCCOC(=O)[C@H](C)NP(=O)(N[C@@H](C)C(=O)OCCCCCC)OC[C@@]1(C)O[C@@H](n2ccc(N)nc2=O)[C@H](O)[C@@H]1F. The van der Waals surface area contributed by atoms with E-state index in [0.29, 0.717) is 12.8 Å². The molecule has 1 aromatic rings. The van der Waals surface area contributed by atoms with Crippen molar-refractivity contribution in [3.8, 4) is 0 Å². The Morgan fingerprint density at radius 1 is 1.09 bits per heavy atom. The van der Waals surface area contributed by atoms with Crippen molar-refractivity contribution in [2.75, 3.05) is 25.6 Å². The Bertz CT molecular complexity index is 1140. The van der Waals surface area contributed by atoms with Crippen LogP contribution in [0, 0.1) is 0 Å². The highest BCUT2D eigenvalue weighted by molar-refractivity contribution is 7.54. The van der Waals surface area contributed by atoms with Gasteiger partial charge >= 0.3 is 25.3 Å². The first-order chi connectivity index (χ1) is 20.8. The fraction of sp³-hybridized carbons (Fsp3) is 0.786. The van der Waals surface area contributed by atoms with Crippen molar-refractivity contribution < 1.29 is 42.4 Å². The molecule has 1 saturated heterocycles. The fourth-order valence-electron chi connectivity index (χ4n) is 4.47. The van der Waals surface area contributed by atoms with Gasteiger partial charge in [0, 0.05) is 6.20 Å². The molecule has 44 heavy (non-hydrogen) atoms. The highest BCUT2D eigenvalue weighted by Gasteiger charge is 2.55. The summed E-state index contributed by atoms with van der Waals surface area (Å²) >= 11 is 0. The summed E-state index contributed by atoms with van der Waals surface area (Å²) < 4.78 is 52.3. The summed E-state index contributed by atoms with van der Waals surface area (Å²) in [7, 11) is -4.32. The zero-order valence-corrected chi connectivity index (χ0v) is 27.2. The van der Waals surface area contributed by atoms with Crippen LogP contribution in [0.15, 0.2) is 17.1 Å². The van der Waals surface area contributed by atoms with E-state index >= 15 is 4.39 Å². The summed E-state index contributed by atoms with van der Waals surface area (Å²) in [4.78, 5) is 41.1. The molecule has 1 fully saturated rings. The van der Waals surface area contributed by atoms with Gasteiger partial charge in [-0.05, 0) is 39.7 Å². The second-order valence-corrected chi connectivity index (χ2v) is 13.1. The highest BCUT2D eigenvalue weighted by Crippen LogP contribution is 2.45. The lowest BCUT2D eigenvalue weighted by molar-refractivity contribution is -0.145. The molecule has 0 aliphatic carbocycles. The Kier molecular flexibility index (Phi) is 15.4. The van der Waals surface area contributed by atoms with Crippen molar-refractivity contribution in [3.05, 3.63) is 22.7 Å². The van der Waals surface area contributed by atoms with Gasteiger partial charge in [0.05, 0.1) is 19.8 Å². The van der Waals surface area contributed by atoms with Crippen LogP contribution in [0.2, 0.25) is 0 Å². The minimum Gasteiger partial charge on any atom is -0.465 e. The van der Waals surface area contributed by atoms with Gasteiger partial charge in [-0.15, -0.1) is 0 Å². The fourth-order valence-corrected chi connectivity index (χ4v) is 6.36. The largest absolute Gasteiger partial charge is 0.465 e. The molecule has 0 spiro atoms. The first-order valence-corrected chi connectivity index (χ1v) is 16.9. The highest BCUT2D eigenvalue weighted by atomic mass is 31.2. The van der Waals surface area contributed by atoms with Crippen LogP contribution in [0.3, 0.4) is 0 Å². The average molecular weight is 650 g/mol. The predicted octanol–water partition coefficient (Wildman–Crippen LogP) is 3.14. The predicted molar refractivity (Wildman–Crippen MR) is 161 cm³/mol. The normalized spacial score (nSPS) is 23.3. The number of nitrogen functional groups attached to an aromatic ring is 1. The van der Waals surface area contributed by atoms with Crippen LogP contribution >= 0.6 is 7.67 Å². The van der Waals surface area contributed by atoms with Crippen LogP contribution in [0.1, 0.15) is 92.2 Å². The van der Waals surface area contributed by atoms with Gasteiger partial charge in [-0.1, -0.05) is 52.4 Å². The van der Waals surface area contributed by atoms with Crippen molar-refractivity contribution in [3.63, 3.8) is 0 Å². The summed E-state index contributed by atoms with van der Waals surface area (Å²) in [5.74, 6) is -1.46. The van der Waals surface area contributed by atoms with E-state index in [4.69, 9.17) is 24.5 Å². The van der Waals surface area contributed by atoms with Gasteiger partial charge in [0.1, 0.15) is 29.6 Å². The maximum atomic E-state index is 15.4. The molecule has 0 radical (unpaired) electrons. The number of aliphatic hydroxyl groups excluding tert-OH is 1. The Hall–Kier alpha value is -2.42. The quantitative estimate of drug-likeness (QED) is 0.0915. The Morgan fingerprint density at radius 2 is 1.61 bits per heavy atom. The molecule has 0 amide bonds. The summed E-state index contributed by atoms with van der Waals surface area (Å²) in [6.07, 6.45) is 2.98. The first kappa shape index (κ1) is 37.8. The molecule has 0 saturated carbocycles. The van der Waals surface area contributed by atoms with Gasteiger partial charge < -0.3 is 29.6 Å². The lowest BCUT2D eigenvalue weighted by Crippen LogP contribution is -2.46. The number of aromatic nitrogens is 2. The zero-order valence-electron chi connectivity index (χ0n) is 26.3. The second-order valence-electron chi connectivity index (χ2n) is 11.2. The number of hydrogen-bond acceptors (Lipinski definition) is 11. The second kappa shape index (κ2) is 17.9. The molecular formula is C28H49FN5O9P. The Morgan fingerprint density at radius 3 is 2.09 bits per heavy atom. The molecule has 0 unspecified atom stereocenters. The van der Waals surface area contributed by atoms with Crippen molar-refractivity contribution in [1.29, 1.82) is 0 Å². The third-order valence-electron chi connectivity index (χ3n) is 7.14. The number of unbranched alkanes of at least 4 members (excludes halogenated alkanes) is 6. The van der Waals surface area contributed by atoms with E-state index < -0.39 is 68.1 Å². The van der Waals surface area contributed by atoms with Gasteiger partial charge in [0.2, 0.25) is 0 Å². The standard InChI is InChI=1S/C28H49FN5O9P/c1-6-8-10-12-16-40-25(36)19(3)32-44(39,33-20(4)26(37)41-17-13-11-9-7-2)42-18-28(5)23(29)22(35)24(43-28)34-15-14-21(30)31-27(34)38/h14-15,19-20,22-24,35H,6-13,16-18H2,1-5H3,(H2,30,31,38)(H2,32,33,39)/t19-,20-,22+,23-,24+,28+/m0/s1. The number of nitrogens with two attached hydrogens (primary N) is 1. The van der Waals surface area contributed by atoms with Crippen molar-refractivity contribution in [2.45, 2.75) is 122 Å². The van der Waals surface area contributed by atoms with E-state index in [0.717, 1.165) is 43.1 Å². The number of hydrogen-bond donors (Lipinski definition) is 4. The third kappa shape index (κ3) is 11.2. The number of nitrogens with one attached hydrogen (secondary N) is 2. The molecule has 0 bridgehead atoms. The summed E-state index contributed by atoms with van der Waals surface area (Å²) in [6, 6.07) is -1.01. The molecule has 0 aromatic carbocycles. The van der Waals surface area contributed by atoms with Crippen LogP contribution in [0.5, 0.6) is 0 Å². The Labute approximate surface area is 258 Å². The minimum atomic E-state index is -4.32. The lowest BCUT2D eigenvalue weighted by atomic mass is 10.0. The number of anilines is 1. The van der Waals surface area contributed by atoms with E-state index in [1.54, 1.807) is 0 Å². The number of ether oxygens (including phenoxy) is 3. The summed E-state index contributed by atoms with van der Waals surface area (Å²) in [5, 5.41) is 15.7. The van der Waals surface area contributed by atoms with Gasteiger partial charge in [-0.2, -0.15) is 4.98 Å². The van der Waals surface area contributed by atoms with Gasteiger partial charge in [0.15, 0.2) is 12.4 Å². The van der Waals surface area contributed by atoms with E-state index in [2.05, 4.69) is 29.0 Å². The van der Waals surface area contributed by atoms with Gasteiger partial charge in [-0.3, -0.25) is 18.7 Å². The van der Waals surface area contributed by atoms with Crippen molar-refractivity contribution in [1.82, 2.24) is 19.7 Å². The molecule has 252 valence electrons.